The lowest BCUT2D eigenvalue weighted by molar-refractivity contribution is 0.179. The van der Waals surface area contributed by atoms with Crippen LogP contribution in [0.25, 0.3) is 0 Å². The highest BCUT2D eigenvalue weighted by molar-refractivity contribution is 5.75. The molecule has 2 aliphatic rings. The maximum absolute atomic E-state index is 11.6. The number of fused-ring (bicyclic) bond motifs is 1. The first kappa shape index (κ1) is 8.81. The van der Waals surface area contributed by atoms with E-state index in [4.69, 9.17) is 0 Å². The lowest BCUT2D eigenvalue weighted by atomic mass is 10.0. The van der Waals surface area contributed by atoms with Crippen molar-refractivity contribution >= 4 is 6.03 Å². The summed E-state index contributed by atoms with van der Waals surface area (Å²) in [5, 5.41) is 6.04. The molecule has 0 radical (unpaired) electrons. The maximum Gasteiger partial charge on any atom is 0.317 e. The van der Waals surface area contributed by atoms with Gasteiger partial charge in [-0.3, -0.25) is 0 Å². The zero-order chi connectivity index (χ0) is 9.42. The number of nitrogens with zero attached hydrogens (tertiary/aromatic N) is 1. The lowest BCUT2D eigenvalue weighted by Gasteiger charge is -2.26. The molecule has 13 heavy (non-hydrogen) atoms. The van der Waals surface area contributed by atoms with E-state index in [0.717, 1.165) is 19.5 Å². The first-order valence-electron chi connectivity index (χ1n) is 4.94. The summed E-state index contributed by atoms with van der Waals surface area (Å²) in [5.74, 6) is 0.673. The second-order valence-electron chi connectivity index (χ2n) is 4.03. The molecule has 2 saturated heterocycles. The minimum absolute atomic E-state index is 0.0729. The van der Waals surface area contributed by atoms with Gasteiger partial charge in [-0.05, 0) is 19.3 Å². The SMILES string of the molecule is CNC(=O)N1C(C)CC2CNCC21. The van der Waals surface area contributed by atoms with E-state index < -0.39 is 0 Å². The second-order valence-corrected chi connectivity index (χ2v) is 4.03. The molecule has 0 saturated carbocycles. The van der Waals surface area contributed by atoms with Crippen LogP contribution in [0.15, 0.2) is 0 Å². The molecule has 0 spiro atoms. The number of nitrogens with one attached hydrogen (secondary N) is 2. The summed E-state index contributed by atoms with van der Waals surface area (Å²) < 4.78 is 0. The van der Waals surface area contributed by atoms with Gasteiger partial charge in [0.2, 0.25) is 0 Å². The molecule has 0 aromatic heterocycles. The third-order valence-electron chi connectivity index (χ3n) is 3.23. The minimum Gasteiger partial charge on any atom is -0.341 e. The van der Waals surface area contributed by atoms with Gasteiger partial charge in [0.05, 0.1) is 6.04 Å². The molecule has 74 valence electrons. The van der Waals surface area contributed by atoms with Crippen molar-refractivity contribution in [3.05, 3.63) is 0 Å². The highest BCUT2D eigenvalue weighted by Crippen LogP contribution is 2.31. The standard InChI is InChI=1S/C9H17N3O/c1-6-3-7-4-11-5-8(7)12(6)9(13)10-2/h6-8,11H,3-5H2,1-2H3,(H,10,13). The number of hydrogen-bond donors (Lipinski definition) is 2. The molecule has 2 fully saturated rings. The Morgan fingerprint density at radius 1 is 1.54 bits per heavy atom. The third kappa shape index (κ3) is 1.29. The van der Waals surface area contributed by atoms with E-state index >= 15 is 0 Å². The largest absolute Gasteiger partial charge is 0.341 e. The molecule has 2 amide bonds. The maximum atomic E-state index is 11.6. The van der Waals surface area contributed by atoms with Gasteiger partial charge >= 0.3 is 6.03 Å². The normalized spacial score (nSPS) is 37.7. The van der Waals surface area contributed by atoms with Gasteiger partial charge in [0.25, 0.3) is 0 Å². The fourth-order valence-corrected chi connectivity index (χ4v) is 2.64. The summed E-state index contributed by atoms with van der Waals surface area (Å²) in [6.45, 7) is 4.17. The van der Waals surface area contributed by atoms with Crippen LogP contribution in [0.2, 0.25) is 0 Å². The van der Waals surface area contributed by atoms with Crippen LogP contribution < -0.4 is 10.6 Å². The molecule has 0 aromatic carbocycles. The Bertz CT molecular complexity index is 219. The van der Waals surface area contributed by atoms with Crippen LogP contribution in [0.4, 0.5) is 4.79 Å². The topological polar surface area (TPSA) is 44.4 Å². The first-order valence-corrected chi connectivity index (χ1v) is 4.94. The number of urea groups is 1. The quantitative estimate of drug-likeness (QED) is 0.555. The Morgan fingerprint density at radius 3 is 3.00 bits per heavy atom. The summed E-state index contributed by atoms with van der Waals surface area (Å²) in [7, 11) is 1.70. The van der Waals surface area contributed by atoms with Crippen molar-refractivity contribution in [1.29, 1.82) is 0 Å². The summed E-state index contributed by atoms with van der Waals surface area (Å²) in [4.78, 5) is 13.5. The first-order chi connectivity index (χ1) is 6.24. The molecule has 2 N–H and O–H groups in total. The number of hydrogen-bond acceptors (Lipinski definition) is 2. The van der Waals surface area contributed by atoms with E-state index in [9.17, 15) is 4.79 Å². The molecule has 2 rings (SSSR count). The smallest absolute Gasteiger partial charge is 0.317 e. The lowest BCUT2D eigenvalue weighted by Crippen LogP contribution is -2.46. The molecule has 3 unspecified atom stereocenters. The monoisotopic (exact) mass is 183 g/mol. The summed E-state index contributed by atoms with van der Waals surface area (Å²) in [6.07, 6.45) is 1.14. The molecular formula is C9H17N3O. The Hall–Kier alpha value is -0.770. The van der Waals surface area contributed by atoms with E-state index in [1.165, 1.54) is 0 Å². The Labute approximate surface area is 78.7 Å². The fraction of sp³-hybridized carbons (Fsp3) is 0.889. The van der Waals surface area contributed by atoms with Crippen molar-refractivity contribution in [3.63, 3.8) is 0 Å². The van der Waals surface area contributed by atoms with Crippen LogP contribution in [0.3, 0.4) is 0 Å². The van der Waals surface area contributed by atoms with E-state index in [2.05, 4.69) is 17.6 Å². The van der Waals surface area contributed by atoms with E-state index in [1.54, 1.807) is 7.05 Å². The molecule has 2 heterocycles. The van der Waals surface area contributed by atoms with Crippen molar-refractivity contribution in [1.82, 2.24) is 15.5 Å². The minimum atomic E-state index is 0.0729. The van der Waals surface area contributed by atoms with E-state index in [1.807, 2.05) is 4.90 Å². The van der Waals surface area contributed by atoms with Crippen molar-refractivity contribution in [2.45, 2.75) is 25.4 Å². The van der Waals surface area contributed by atoms with Gasteiger partial charge in [0.1, 0.15) is 0 Å². The molecule has 0 aromatic rings. The highest BCUT2D eigenvalue weighted by atomic mass is 16.2. The average molecular weight is 183 g/mol. The Balaban J connectivity index is 2.12. The highest BCUT2D eigenvalue weighted by Gasteiger charge is 2.43. The fourth-order valence-electron chi connectivity index (χ4n) is 2.64. The second kappa shape index (κ2) is 3.18. The van der Waals surface area contributed by atoms with Crippen molar-refractivity contribution in [2.24, 2.45) is 5.92 Å². The van der Waals surface area contributed by atoms with Crippen molar-refractivity contribution in [2.75, 3.05) is 20.1 Å². The predicted molar refractivity (Wildman–Crippen MR) is 50.5 cm³/mol. The summed E-state index contributed by atoms with van der Waals surface area (Å²) >= 11 is 0. The van der Waals surface area contributed by atoms with E-state index in [-0.39, 0.29) is 6.03 Å². The van der Waals surface area contributed by atoms with Crippen molar-refractivity contribution < 1.29 is 4.79 Å². The van der Waals surface area contributed by atoms with Crippen LogP contribution in [0, 0.1) is 5.92 Å². The summed E-state index contributed by atoms with van der Waals surface area (Å²) in [5.41, 5.74) is 0. The number of carbonyl (C=O) groups is 1. The van der Waals surface area contributed by atoms with Crippen LogP contribution >= 0.6 is 0 Å². The number of carbonyl (C=O) groups excluding carboxylic acids is 1. The third-order valence-corrected chi connectivity index (χ3v) is 3.23. The number of amides is 2. The zero-order valence-corrected chi connectivity index (χ0v) is 8.21. The van der Waals surface area contributed by atoms with E-state index in [0.29, 0.717) is 18.0 Å². The molecule has 2 aliphatic heterocycles. The van der Waals surface area contributed by atoms with Gasteiger partial charge < -0.3 is 15.5 Å². The van der Waals surface area contributed by atoms with Gasteiger partial charge in [0, 0.05) is 26.2 Å². The van der Waals surface area contributed by atoms with Crippen LogP contribution in [0.5, 0.6) is 0 Å². The molecule has 4 nitrogen and oxygen atoms in total. The average Bonchev–Trinajstić information content (AvgIpc) is 2.62. The Kier molecular flexibility index (Phi) is 2.15. The molecule has 3 atom stereocenters. The molecule has 0 bridgehead atoms. The number of likely N-dealkylation sites (tertiary alicyclic amines) is 1. The molecule has 4 heteroatoms. The summed E-state index contributed by atoms with van der Waals surface area (Å²) in [6, 6.07) is 0.899. The molecule has 0 aliphatic carbocycles. The predicted octanol–water partition coefficient (Wildman–Crippen LogP) is 0.00800. The Morgan fingerprint density at radius 2 is 2.31 bits per heavy atom. The zero-order valence-electron chi connectivity index (χ0n) is 8.21. The van der Waals surface area contributed by atoms with Gasteiger partial charge in [-0.2, -0.15) is 0 Å². The molecular weight excluding hydrogens is 166 g/mol. The van der Waals surface area contributed by atoms with Crippen LogP contribution in [-0.2, 0) is 0 Å². The van der Waals surface area contributed by atoms with Crippen LogP contribution in [0.1, 0.15) is 13.3 Å². The van der Waals surface area contributed by atoms with Gasteiger partial charge in [-0.1, -0.05) is 0 Å². The van der Waals surface area contributed by atoms with Gasteiger partial charge in [0.15, 0.2) is 0 Å². The van der Waals surface area contributed by atoms with Gasteiger partial charge in [-0.25, -0.2) is 4.79 Å². The van der Waals surface area contributed by atoms with Crippen LogP contribution in [-0.4, -0.2) is 43.2 Å². The number of rotatable bonds is 0. The van der Waals surface area contributed by atoms with Crippen molar-refractivity contribution in [3.8, 4) is 0 Å². The van der Waals surface area contributed by atoms with Gasteiger partial charge in [-0.15, -0.1) is 0 Å².